The summed E-state index contributed by atoms with van der Waals surface area (Å²) < 4.78 is 1.22. The highest BCUT2D eigenvalue weighted by atomic mass is 32.1. The zero-order valence-electron chi connectivity index (χ0n) is 9.10. The minimum Gasteiger partial charge on any atom is -0.393 e. The maximum atomic E-state index is 9.90. The summed E-state index contributed by atoms with van der Waals surface area (Å²) >= 11 is 1.70. The van der Waals surface area contributed by atoms with Crippen molar-refractivity contribution >= 4 is 21.6 Å². The van der Waals surface area contributed by atoms with Gasteiger partial charge >= 0.3 is 0 Å². The van der Waals surface area contributed by atoms with Gasteiger partial charge < -0.3 is 5.11 Å². The van der Waals surface area contributed by atoms with Crippen LogP contribution in [0.4, 0.5) is 0 Å². The van der Waals surface area contributed by atoms with Crippen LogP contribution < -0.4 is 0 Å². The summed E-state index contributed by atoms with van der Waals surface area (Å²) in [6, 6.07) is 8.16. The number of fused-ring (bicyclic) bond motifs is 1. The zero-order chi connectivity index (χ0) is 11.0. The van der Waals surface area contributed by atoms with E-state index in [1.165, 1.54) is 17.5 Å². The van der Waals surface area contributed by atoms with E-state index in [2.05, 4.69) is 11.1 Å². The van der Waals surface area contributed by atoms with Crippen LogP contribution in [0.5, 0.6) is 0 Å². The van der Waals surface area contributed by atoms with Gasteiger partial charge in [0.2, 0.25) is 0 Å². The van der Waals surface area contributed by atoms with Crippen LogP contribution in [0.15, 0.2) is 24.3 Å². The molecule has 1 aromatic heterocycles. The van der Waals surface area contributed by atoms with Crippen molar-refractivity contribution in [2.24, 2.45) is 5.92 Å². The maximum Gasteiger partial charge on any atom is 0.0964 e. The van der Waals surface area contributed by atoms with Gasteiger partial charge in [-0.3, -0.25) is 0 Å². The topological polar surface area (TPSA) is 33.1 Å². The first kappa shape index (κ1) is 10.2. The minimum atomic E-state index is -0.201. The summed E-state index contributed by atoms with van der Waals surface area (Å²) in [4.78, 5) is 4.54. The lowest BCUT2D eigenvalue weighted by molar-refractivity contribution is 0.158. The van der Waals surface area contributed by atoms with Crippen molar-refractivity contribution in [3.63, 3.8) is 0 Å². The third kappa shape index (κ3) is 2.25. The Morgan fingerprint density at radius 2 is 2.19 bits per heavy atom. The molecule has 1 aromatic carbocycles. The van der Waals surface area contributed by atoms with Crippen molar-refractivity contribution in [2.75, 3.05) is 0 Å². The van der Waals surface area contributed by atoms with E-state index in [0.717, 1.165) is 29.3 Å². The lowest BCUT2D eigenvalue weighted by atomic mass is 10.1. The summed E-state index contributed by atoms with van der Waals surface area (Å²) in [5.41, 5.74) is 1.06. The zero-order valence-corrected chi connectivity index (χ0v) is 9.91. The van der Waals surface area contributed by atoms with Gasteiger partial charge in [0, 0.05) is 6.42 Å². The number of aliphatic hydroxyl groups is 1. The average Bonchev–Trinajstić information content (AvgIpc) is 2.97. The largest absolute Gasteiger partial charge is 0.393 e. The molecule has 1 aliphatic carbocycles. The molecule has 1 atom stereocenters. The Hall–Kier alpha value is -0.930. The van der Waals surface area contributed by atoms with Gasteiger partial charge in [-0.25, -0.2) is 4.98 Å². The van der Waals surface area contributed by atoms with E-state index in [1.807, 2.05) is 18.2 Å². The summed E-state index contributed by atoms with van der Waals surface area (Å²) in [7, 11) is 0. The molecule has 1 fully saturated rings. The average molecular weight is 233 g/mol. The molecule has 0 aliphatic heterocycles. The van der Waals surface area contributed by atoms with Crippen LogP contribution in [0.3, 0.4) is 0 Å². The van der Waals surface area contributed by atoms with Gasteiger partial charge in [0.1, 0.15) is 0 Å². The van der Waals surface area contributed by atoms with E-state index in [4.69, 9.17) is 0 Å². The van der Waals surface area contributed by atoms with Crippen LogP contribution in [0, 0.1) is 5.92 Å². The fraction of sp³-hybridized carbons (Fsp3) is 0.462. The molecule has 84 valence electrons. The van der Waals surface area contributed by atoms with Gasteiger partial charge in [0.05, 0.1) is 21.3 Å². The molecule has 2 nitrogen and oxygen atoms in total. The lowest BCUT2D eigenvalue weighted by Crippen LogP contribution is -2.10. The van der Waals surface area contributed by atoms with Crippen LogP contribution in [0.1, 0.15) is 24.3 Å². The second-order valence-electron chi connectivity index (χ2n) is 4.61. The normalized spacial score (nSPS) is 17.8. The van der Waals surface area contributed by atoms with Crippen molar-refractivity contribution in [3.8, 4) is 0 Å². The van der Waals surface area contributed by atoms with Gasteiger partial charge in [-0.15, -0.1) is 11.3 Å². The van der Waals surface area contributed by atoms with E-state index in [9.17, 15) is 5.11 Å². The predicted octanol–water partition coefficient (Wildman–Crippen LogP) is 3.00. The summed E-state index contributed by atoms with van der Waals surface area (Å²) in [6.07, 6.45) is 4.08. The van der Waals surface area contributed by atoms with Crippen molar-refractivity contribution in [1.29, 1.82) is 0 Å². The molecular weight excluding hydrogens is 218 g/mol. The first-order chi connectivity index (χ1) is 7.81. The number of nitrogens with zero attached hydrogens (tertiary/aromatic N) is 1. The SMILES string of the molecule is OC(Cc1nc2ccccc2s1)CC1CC1. The highest BCUT2D eigenvalue weighted by Crippen LogP contribution is 2.34. The highest BCUT2D eigenvalue weighted by molar-refractivity contribution is 7.18. The molecule has 0 radical (unpaired) electrons. The lowest BCUT2D eigenvalue weighted by Gasteiger charge is -2.06. The van der Waals surface area contributed by atoms with Gasteiger partial charge in [0.15, 0.2) is 0 Å². The third-order valence-corrected chi connectivity index (χ3v) is 4.11. The minimum absolute atomic E-state index is 0.201. The fourth-order valence-electron chi connectivity index (χ4n) is 2.03. The number of thiazole rings is 1. The molecule has 0 bridgehead atoms. The van der Waals surface area contributed by atoms with Crippen LogP contribution in [0.2, 0.25) is 0 Å². The van der Waals surface area contributed by atoms with E-state index in [0.29, 0.717) is 0 Å². The van der Waals surface area contributed by atoms with Gasteiger partial charge in [-0.05, 0) is 24.5 Å². The number of aromatic nitrogens is 1. The van der Waals surface area contributed by atoms with Crippen molar-refractivity contribution < 1.29 is 5.11 Å². The molecule has 0 spiro atoms. The summed E-state index contributed by atoms with van der Waals surface area (Å²) in [5.74, 6) is 0.782. The summed E-state index contributed by atoms with van der Waals surface area (Å²) in [6.45, 7) is 0. The molecule has 1 aliphatic rings. The standard InChI is InChI=1S/C13H15NOS/c15-10(7-9-5-6-9)8-13-14-11-3-1-2-4-12(11)16-13/h1-4,9-10,15H,5-8H2. The van der Waals surface area contributed by atoms with Crippen molar-refractivity contribution in [3.05, 3.63) is 29.3 Å². The Morgan fingerprint density at radius 1 is 1.38 bits per heavy atom. The predicted molar refractivity (Wildman–Crippen MR) is 66.7 cm³/mol. The molecule has 1 unspecified atom stereocenters. The van der Waals surface area contributed by atoms with E-state index >= 15 is 0 Å². The molecular formula is C13H15NOS. The van der Waals surface area contributed by atoms with Gasteiger partial charge in [0.25, 0.3) is 0 Å². The second-order valence-corrected chi connectivity index (χ2v) is 5.73. The number of aliphatic hydroxyl groups excluding tert-OH is 1. The monoisotopic (exact) mass is 233 g/mol. The smallest absolute Gasteiger partial charge is 0.0964 e. The van der Waals surface area contributed by atoms with Crippen molar-refractivity contribution in [1.82, 2.24) is 4.98 Å². The first-order valence-electron chi connectivity index (χ1n) is 5.84. The quantitative estimate of drug-likeness (QED) is 0.880. The Kier molecular flexibility index (Phi) is 2.65. The first-order valence-corrected chi connectivity index (χ1v) is 6.65. The molecule has 0 amide bonds. The van der Waals surface area contributed by atoms with Crippen molar-refractivity contribution in [2.45, 2.75) is 31.8 Å². The van der Waals surface area contributed by atoms with Crippen LogP contribution in [-0.2, 0) is 6.42 Å². The van der Waals surface area contributed by atoms with Gasteiger partial charge in [-0.1, -0.05) is 25.0 Å². The van der Waals surface area contributed by atoms with Crippen LogP contribution in [0.25, 0.3) is 10.2 Å². The highest BCUT2D eigenvalue weighted by Gasteiger charge is 2.24. The number of para-hydroxylation sites is 1. The molecule has 1 saturated carbocycles. The molecule has 1 heterocycles. The van der Waals surface area contributed by atoms with Gasteiger partial charge in [-0.2, -0.15) is 0 Å². The molecule has 1 N–H and O–H groups in total. The maximum absolute atomic E-state index is 9.90. The summed E-state index contributed by atoms with van der Waals surface area (Å²) in [5, 5.41) is 11.0. The van der Waals surface area contributed by atoms with Crippen LogP contribution >= 0.6 is 11.3 Å². The van der Waals surface area contributed by atoms with E-state index in [-0.39, 0.29) is 6.10 Å². The number of hydrogen-bond donors (Lipinski definition) is 1. The Morgan fingerprint density at radius 3 is 2.94 bits per heavy atom. The Labute approximate surface area is 99.0 Å². The van der Waals surface area contributed by atoms with Crippen LogP contribution in [-0.4, -0.2) is 16.2 Å². The van der Waals surface area contributed by atoms with E-state index in [1.54, 1.807) is 11.3 Å². The van der Waals surface area contributed by atoms with E-state index < -0.39 is 0 Å². The second kappa shape index (κ2) is 4.15. The third-order valence-electron chi connectivity index (χ3n) is 3.05. The molecule has 0 saturated heterocycles. The fourth-order valence-corrected chi connectivity index (χ4v) is 3.07. The Bertz CT molecular complexity index is 456. The molecule has 16 heavy (non-hydrogen) atoms. The Balaban J connectivity index is 1.72. The number of rotatable bonds is 4. The molecule has 3 rings (SSSR count). The number of hydrogen-bond acceptors (Lipinski definition) is 3. The number of benzene rings is 1. The molecule has 2 aromatic rings. The molecule has 3 heteroatoms.